The molecule has 0 bridgehead atoms. The van der Waals surface area contributed by atoms with Crippen LogP contribution in [0.4, 0.5) is 0 Å². The van der Waals surface area contributed by atoms with E-state index in [0.29, 0.717) is 25.1 Å². The summed E-state index contributed by atoms with van der Waals surface area (Å²) in [4.78, 5) is 15.2. The van der Waals surface area contributed by atoms with Crippen molar-refractivity contribution in [3.05, 3.63) is 102 Å². The van der Waals surface area contributed by atoms with Crippen LogP contribution < -0.4 is 4.72 Å². The maximum atomic E-state index is 13.4. The summed E-state index contributed by atoms with van der Waals surface area (Å²) in [5, 5.41) is 0. The van der Waals surface area contributed by atoms with Gasteiger partial charge >= 0.3 is 0 Å². The summed E-state index contributed by atoms with van der Waals surface area (Å²) in [6.07, 6.45) is 0.704. The summed E-state index contributed by atoms with van der Waals surface area (Å²) in [6.45, 7) is 1.38. The Hall–Kier alpha value is -3.00. The molecule has 0 spiro atoms. The van der Waals surface area contributed by atoms with Gasteiger partial charge in [-0.25, -0.2) is 13.1 Å². The Morgan fingerprint density at radius 2 is 1.56 bits per heavy atom. The highest BCUT2D eigenvalue weighted by Gasteiger charge is 2.20. The van der Waals surface area contributed by atoms with Crippen molar-refractivity contribution in [2.24, 2.45) is 0 Å². The molecule has 1 amide bonds. The molecule has 0 aliphatic carbocycles. The molecule has 7 heteroatoms. The second kappa shape index (κ2) is 11.6. The number of amides is 1. The van der Waals surface area contributed by atoms with Crippen molar-refractivity contribution in [1.29, 1.82) is 0 Å². The zero-order chi connectivity index (χ0) is 22.8. The van der Waals surface area contributed by atoms with E-state index in [-0.39, 0.29) is 24.0 Å². The van der Waals surface area contributed by atoms with Gasteiger partial charge in [0.15, 0.2) is 0 Å². The number of nitrogens with zero attached hydrogens (tertiary/aromatic N) is 1. The number of rotatable bonds is 11. The lowest BCUT2D eigenvalue weighted by Crippen LogP contribution is -2.33. The van der Waals surface area contributed by atoms with Crippen LogP contribution >= 0.6 is 0 Å². The molecule has 0 heterocycles. The summed E-state index contributed by atoms with van der Waals surface area (Å²) >= 11 is 0. The SMILES string of the molecule is COCCNS(=O)(=O)c1cccc(C(=O)N(CCc2ccccc2)Cc2ccccc2)c1. The molecule has 168 valence electrons. The molecule has 0 aliphatic heterocycles. The number of benzene rings is 3. The van der Waals surface area contributed by atoms with Crippen LogP contribution in [0.3, 0.4) is 0 Å². The van der Waals surface area contributed by atoms with Crippen LogP contribution in [0.2, 0.25) is 0 Å². The third kappa shape index (κ3) is 6.75. The molecule has 0 saturated carbocycles. The van der Waals surface area contributed by atoms with E-state index in [1.807, 2.05) is 60.7 Å². The number of carbonyl (C=O) groups is 1. The molecule has 0 saturated heterocycles. The number of hydrogen-bond acceptors (Lipinski definition) is 4. The van der Waals surface area contributed by atoms with E-state index < -0.39 is 10.0 Å². The predicted molar refractivity (Wildman–Crippen MR) is 125 cm³/mol. The molecule has 6 nitrogen and oxygen atoms in total. The lowest BCUT2D eigenvalue weighted by Gasteiger charge is -2.23. The highest BCUT2D eigenvalue weighted by Crippen LogP contribution is 2.16. The maximum Gasteiger partial charge on any atom is 0.254 e. The Bertz CT molecular complexity index is 1100. The second-order valence-corrected chi connectivity index (χ2v) is 9.13. The van der Waals surface area contributed by atoms with Crippen LogP contribution in [0.25, 0.3) is 0 Å². The monoisotopic (exact) mass is 452 g/mol. The van der Waals surface area contributed by atoms with Crippen LogP contribution in [-0.4, -0.2) is 46.0 Å². The molecule has 3 aromatic carbocycles. The average Bonchev–Trinajstić information content (AvgIpc) is 2.83. The van der Waals surface area contributed by atoms with Crippen LogP contribution in [-0.2, 0) is 27.7 Å². The van der Waals surface area contributed by atoms with Gasteiger partial charge in [-0.2, -0.15) is 0 Å². The minimum absolute atomic E-state index is 0.0576. The van der Waals surface area contributed by atoms with Gasteiger partial charge in [0.25, 0.3) is 5.91 Å². The van der Waals surface area contributed by atoms with E-state index in [2.05, 4.69) is 4.72 Å². The van der Waals surface area contributed by atoms with Crippen LogP contribution in [0.5, 0.6) is 0 Å². The third-order valence-electron chi connectivity index (χ3n) is 5.01. The summed E-state index contributed by atoms with van der Waals surface area (Å²) in [7, 11) is -2.22. The van der Waals surface area contributed by atoms with E-state index in [0.717, 1.165) is 11.1 Å². The van der Waals surface area contributed by atoms with Crippen LogP contribution in [0.15, 0.2) is 89.8 Å². The smallest absolute Gasteiger partial charge is 0.254 e. The lowest BCUT2D eigenvalue weighted by atomic mass is 10.1. The van der Waals surface area contributed by atoms with Gasteiger partial charge < -0.3 is 9.64 Å². The van der Waals surface area contributed by atoms with E-state index in [1.54, 1.807) is 17.0 Å². The Labute approximate surface area is 189 Å². The highest BCUT2D eigenvalue weighted by molar-refractivity contribution is 7.89. The number of carbonyl (C=O) groups excluding carboxylic acids is 1. The molecule has 0 unspecified atom stereocenters. The second-order valence-electron chi connectivity index (χ2n) is 7.37. The van der Waals surface area contributed by atoms with Crippen molar-refractivity contribution in [2.75, 3.05) is 26.8 Å². The summed E-state index contributed by atoms with van der Waals surface area (Å²) in [6, 6.07) is 25.9. The zero-order valence-electron chi connectivity index (χ0n) is 18.1. The highest BCUT2D eigenvalue weighted by atomic mass is 32.2. The van der Waals surface area contributed by atoms with E-state index in [4.69, 9.17) is 4.74 Å². The molecule has 1 N–H and O–H groups in total. The fourth-order valence-electron chi connectivity index (χ4n) is 3.31. The third-order valence-corrected chi connectivity index (χ3v) is 6.46. The summed E-state index contributed by atoms with van der Waals surface area (Å²) in [5.41, 5.74) is 2.49. The fraction of sp³-hybridized carbons (Fsp3) is 0.240. The molecule has 0 aliphatic rings. The maximum absolute atomic E-state index is 13.4. The first kappa shape index (κ1) is 23.7. The Kier molecular flexibility index (Phi) is 8.56. The van der Waals surface area contributed by atoms with Gasteiger partial charge in [-0.05, 0) is 35.7 Å². The first-order valence-electron chi connectivity index (χ1n) is 10.5. The Morgan fingerprint density at radius 1 is 0.906 bits per heavy atom. The molecular formula is C25H28N2O4S. The molecule has 3 aromatic rings. The van der Waals surface area contributed by atoms with Crippen molar-refractivity contribution >= 4 is 15.9 Å². The van der Waals surface area contributed by atoms with Gasteiger partial charge in [-0.1, -0.05) is 66.7 Å². The number of sulfonamides is 1. The van der Waals surface area contributed by atoms with Crippen molar-refractivity contribution in [3.63, 3.8) is 0 Å². The normalized spacial score (nSPS) is 11.3. The largest absolute Gasteiger partial charge is 0.383 e. The lowest BCUT2D eigenvalue weighted by molar-refractivity contribution is 0.0745. The van der Waals surface area contributed by atoms with Gasteiger partial charge in [0, 0.05) is 32.3 Å². The number of ether oxygens (including phenoxy) is 1. The summed E-state index contributed by atoms with van der Waals surface area (Å²) < 4.78 is 32.5. The standard InChI is InChI=1S/C25H28N2O4S/c1-31-18-16-26-32(29,30)24-14-8-13-23(19-24)25(28)27(20-22-11-6-3-7-12-22)17-15-21-9-4-2-5-10-21/h2-14,19,26H,15-18,20H2,1H3. The number of hydrogen-bond donors (Lipinski definition) is 1. The molecule has 0 fully saturated rings. The molecule has 32 heavy (non-hydrogen) atoms. The quantitative estimate of drug-likeness (QED) is 0.452. The fourth-order valence-corrected chi connectivity index (χ4v) is 4.36. The van der Waals surface area contributed by atoms with Gasteiger partial charge in [0.05, 0.1) is 11.5 Å². The summed E-state index contributed by atoms with van der Waals surface area (Å²) in [5.74, 6) is -0.210. The minimum Gasteiger partial charge on any atom is -0.383 e. The molecule has 0 aromatic heterocycles. The Morgan fingerprint density at radius 3 is 2.22 bits per heavy atom. The van der Waals surface area contributed by atoms with Gasteiger partial charge in [-0.15, -0.1) is 0 Å². The molecule has 0 radical (unpaired) electrons. The van der Waals surface area contributed by atoms with Gasteiger partial charge in [-0.3, -0.25) is 4.79 Å². The first-order chi connectivity index (χ1) is 15.5. The number of methoxy groups -OCH3 is 1. The van der Waals surface area contributed by atoms with Gasteiger partial charge in [0.1, 0.15) is 0 Å². The van der Waals surface area contributed by atoms with Crippen LogP contribution in [0, 0.1) is 0 Å². The van der Waals surface area contributed by atoms with E-state index in [9.17, 15) is 13.2 Å². The topological polar surface area (TPSA) is 75.7 Å². The molecular weight excluding hydrogens is 424 g/mol. The Balaban J connectivity index is 1.81. The zero-order valence-corrected chi connectivity index (χ0v) is 18.9. The first-order valence-corrected chi connectivity index (χ1v) is 11.9. The average molecular weight is 453 g/mol. The minimum atomic E-state index is -3.73. The van der Waals surface area contributed by atoms with E-state index >= 15 is 0 Å². The van der Waals surface area contributed by atoms with Crippen molar-refractivity contribution < 1.29 is 17.9 Å². The van der Waals surface area contributed by atoms with Crippen molar-refractivity contribution in [3.8, 4) is 0 Å². The number of nitrogens with one attached hydrogen (secondary N) is 1. The predicted octanol–water partition coefficient (Wildman–Crippen LogP) is 3.50. The van der Waals surface area contributed by atoms with Crippen molar-refractivity contribution in [2.45, 2.75) is 17.9 Å². The van der Waals surface area contributed by atoms with Crippen LogP contribution in [0.1, 0.15) is 21.5 Å². The van der Waals surface area contributed by atoms with Gasteiger partial charge in [0.2, 0.25) is 10.0 Å². The molecule has 0 atom stereocenters. The molecule has 3 rings (SSSR count). The van der Waals surface area contributed by atoms with Crippen molar-refractivity contribution in [1.82, 2.24) is 9.62 Å². The van der Waals surface area contributed by atoms with E-state index in [1.165, 1.54) is 19.2 Å².